The summed E-state index contributed by atoms with van der Waals surface area (Å²) in [6.07, 6.45) is 3.38. The van der Waals surface area contributed by atoms with E-state index in [0.29, 0.717) is 30.5 Å². The minimum absolute atomic E-state index is 0.0679. The molecule has 1 aromatic carbocycles. The fourth-order valence-corrected chi connectivity index (χ4v) is 4.98. The van der Waals surface area contributed by atoms with Crippen LogP contribution in [0.15, 0.2) is 36.4 Å². The first-order valence-corrected chi connectivity index (χ1v) is 16.5. The number of rotatable bonds is 18. The summed E-state index contributed by atoms with van der Waals surface area (Å²) in [5.41, 5.74) is 1.11. The number of amides is 6. The molecule has 17 heteroatoms. The summed E-state index contributed by atoms with van der Waals surface area (Å²) < 4.78 is 37.6. The predicted molar refractivity (Wildman–Crippen MR) is 168 cm³/mol. The fourth-order valence-electron chi connectivity index (χ4n) is 4.32. The second-order valence-corrected chi connectivity index (χ2v) is 12.8. The molecule has 1 heterocycles. The van der Waals surface area contributed by atoms with Crippen molar-refractivity contribution in [1.29, 1.82) is 0 Å². The number of ether oxygens (including phenoxy) is 1. The maximum Gasteiger partial charge on any atom is 0.302 e. The van der Waals surface area contributed by atoms with Crippen LogP contribution in [-0.4, -0.2) is 89.7 Å². The van der Waals surface area contributed by atoms with Crippen molar-refractivity contribution in [2.24, 2.45) is 5.92 Å². The Morgan fingerprint density at radius 3 is 2.02 bits per heavy atom. The van der Waals surface area contributed by atoms with Gasteiger partial charge < -0.3 is 26.0 Å². The van der Waals surface area contributed by atoms with Gasteiger partial charge in [-0.25, -0.2) is 0 Å². The molecule has 2 rings (SSSR count). The second kappa shape index (κ2) is 17.9. The highest BCUT2D eigenvalue weighted by molar-refractivity contribution is 7.85. The third-order valence-electron chi connectivity index (χ3n) is 6.88. The normalized spacial score (nSPS) is 14.7. The maximum atomic E-state index is 13.1. The van der Waals surface area contributed by atoms with Crippen molar-refractivity contribution >= 4 is 57.2 Å². The Bertz CT molecular complexity index is 1460. The molecule has 0 radical (unpaired) electrons. The third kappa shape index (κ3) is 13.7. The van der Waals surface area contributed by atoms with Crippen molar-refractivity contribution in [3.8, 4) is 0 Å². The molecule has 2 unspecified atom stereocenters. The van der Waals surface area contributed by atoms with Gasteiger partial charge in [-0.3, -0.25) is 43.0 Å². The van der Waals surface area contributed by atoms with Gasteiger partial charge >= 0.3 is 5.97 Å². The topological polar surface area (TPSA) is 234 Å². The quantitative estimate of drug-likeness (QED) is 0.0608. The van der Waals surface area contributed by atoms with Crippen LogP contribution in [0.4, 0.5) is 5.69 Å². The van der Waals surface area contributed by atoms with Crippen molar-refractivity contribution in [2.75, 3.05) is 17.6 Å². The standard InChI is InChI=1S/C30H41N5O11S/c1-18(2)27(30(42)31-19(3)28(40)32-22-11-9-21(10-12-22)16-46-20(4)36)34-29(41)23(17-47(43,44)45)33-24(37)8-6-5-7-15-35-25(38)13-14-26(35)39/h9-14,18-19,23,27H,5-8,15-17H2,1-4H3,(H,31,42)(H,32,40)(H,33,37)(H,34,41)(H,43,44,45)/t19-,23?,27?/m0/s1. The van der Waals surface area contributed by atoms with E-state index in [4.69, 9.17) is 4.74 Å². The number of hydrogen-bond donors (Lipinski definition) is 5. The van der Waals surface area contributed by atoms with Gasteiger partial charge in [0, 0.05) is 37.7 Å². The number of nitrogens with one attached hydrogen (secondary N) is 4. The third-order valence-corrected chi connectivity index (χ3v) is 7.63. The summed E-state index contributed by atoms with van der Waals surface area (Å²) in [5, 5.41) is 9.79. The van der Waals surface area contributed by atoms with Crippen LogP contribution < -0.4 is 21.3 Å². The smallest absolute Gasteiger partial charge is 0.302 e. The van der Waals surface area contributed by atoms with Gasteiger partial charge in [-0.15, -0.1) is 0 Å². The summed E-state index contributed by atoms with van der Waals surface area (Å²) in [5.74, 6) is -6.03. The molecule has 0 bridgehead atoms. The van der Waals surface area contributed by atoms with Crippen molar-refractivity contribution in [2.45, 2.75) is 78.1 Å². The number of unbranched alkanes of at least 4 members (excludes halogenated alkanes) is 2. The van der Waals surface area contributed by atoms with E-state index in [-0.39, 0.29) is 19.6 Å². The molecule has 0 saturated heterocycles. The number of nitrogens with zero attached hydrogens (tertiary/aromatic N) is 1. The SMILES string of the molecule is CC(=O)OCc1ccc(NC(=O)[C@H](C)NC(=O)C(NC(=O)C(CS(=O)(=O)O)NC(=O)CCCCCN2C(=O)C=CC2=O)C(C)C)cc1. The molecule has 1 aliphatic heterocycles. The zero-order valence-electron chi connectivity index (χ0n) is 26.6. The number of esters is 1. The van der Waals surface area contributed by atoms with Crippen LogP contribution in [0.1, 0.15) is 58.9 Å². The Kier molecular flexibility index (Phi) is 14.7. The molecule has 258 valence electrons. The van der Waals surface area contributed by atoms with E-state index in [1.165, 1.54) is 26.0 Å². The lowest BCUT2D eigenvalue weighted by Gasteiger charge is -2.26. The van der Waals surface area contributed by atoms with Crippen LogP contribution in [0.3, 0.4) is 0 Å². The zero-order chi connectivity index (χ0) is 35.3. The monoisotopic (exact) mass is 679 g/mol. The van der Waals surface area contributed by atoms with Gasteiger partial charge in [0.05, 0.1) is 0 Å². The van der Waals surface area contributed by atoms with E-state index in [9.17, 15) is 46.5 Å². The average molecular weight is 680 g/mol. The Labute approximate surface area is 272 Å². The van der Waals surface area contributed by atoms with Crippen molar-refractivity contribution < 1.29 is 51.3 Å². The molecule has 1 aromatic rings. The first-order valence-electron chi connectivity index (χ1n) is 14.9. The predicted octanol–water partition coefficient (Wildman–Crippen LogP) is 0.192. The number of carbonyl (C=O) groups excluding carboxylic acids is 7. The molecule has 47 heavy (non-hydrogen) atoms. The molecule has 0 aromatic heterocycles. The van der Waals surface area contributed by atoms with E-state index in [1.807, 2.05) is 0 Å². The first kappa shape index (κ1) is 38.5. The molecule has 0 spiro atoms. The van der Waals surface area contributed by atoms with Crippen LogP contribution >= 0.6 is 0 Å². The van der Waals surface area contributed by atoms with E-state index in [2.05, 4.69) is 21.3 Å². The van der Waals surface area contributed by atoms with Gasteiger partial charge in [-0.05, 0) is 43.4 Å². The largest absolute Gasteiger partial charge is 0.461 e. The minimum Gasteiger partial charge on any atom is -0.461 e. The number of hydrogen-bond acceptors (Lipinski definition) is 10. The molecular weight excluding hydrogens is 638 g/mol. The summed E-state index contributed by atoms with van der Waals surface area (Å²) in [7, 11) is -4.74. The highest BCUT2D eigenvalue weighted by Gasteiger charge is 2.32. The van der Waals surface area contributed by atoms with Crippen LogP contribution in [0.5, 0.6) is 0 Å². The van der Waals surface area contributed by atoms with Gasteiger partial charge in [-0.1, -0.05) is 32.4 Å². The Morgan fingerprint density at radius 1 is 0.851 bits per heavy atom. The first-order chi connectivity index (χ1) is 22.0. The zero-order valence-corrected chi connectivity index (χ0v) is 27.4. The number of anilines is 1. The average Bonchev–Trinajstić information content (AvgIpc) is 3.30. The van der Waals surface area contributed by atoms with E-state index in [0.717, 1.165) is 4.90 Å². The Balaban J connectivity index is 1.93. The lowest BCUT2D eigenvalue weighted by atomic mass is 10.0. The molecule has 1 aliphatic rings. The summed E-state index contributed by atoms with van der Waals surface area (Å²) in [4.78, 5) is 86.6. The Morgan fingerprint density at radius 2 is 1.47 bits per heavy atom. The number of imide groups is 1. The molecule has 0 saturated carbocycles. The van der Waals surface area contributed by atoms with Gasteiger partial charge in [0.2, 0.25) is 23.6 Å². The summed E-state index contributed by atoms with van der Waals surface area (Å²) in [6.45, 7) is 6.14. The van der Waals surface area contributed by atoms with Crippen LogP contribution in [0.2, 0.25) is 0 Å². The van der Waals surface area contributed by atoms with Crippen LogP contribution in [0, 0.1) is 5.92 Å². The van der Waals surface area contributed by atoms with Crippen molar-refractivity contribution in [1.82, 2.24) is 20.9 Å². The second-order valence-electron chi connectivity index (χ2n) is 11.3. The van der Waals surface area contributed by atoms with Gasteiger partial charge in [0.1, 0.15) is 30.5 Å². The minimum atomic E-state index is -4.74. The van der Waals surface area contributed by atoms with Crippen molar-refractivity contribution in [3.63, 3.8) is 0 Å². The Hall–Kier alpha value is -4.64. The molecule has 16 nitrogen and oxygen atoms in total. The molecular formula is C30H41N5O11S. The van der Waals surface area contributed by atoms with Gasteiger partial charge in [0.15, 0.2) is 0 Å². The van der Waals surface area contributed by atoms with E-state index >= 15 is 0 Å². The van der Waals surface area contributed by atoms with Crippen molar-refractivity contribution in [3.05, 3.63) is 42.0 Å². The van der Waals surface area contributed by atoms with E-state index in [1.54, 1.807) is 38.1 Å². The lowest BCUT2D eigenvalue weighted by Crippen LogP contribution is -2.58. The van der Waals surface area contributed by atoms with Crippen LogP contribution in [-0.2, 0) is 55.0 Å². The number of carbonyl (C=O) groups is 7. The molecule has 0 aliphatic carbocycles. The number of benzene rings is 1. The summed E-state index contributed by atoms with van der Waals surface area (Å²) in [6, 6.07) is 2.42. The molecule has 6 amide bonds. The van der Waals surface area contributed by atoms with Gasteiger partial charge in [-0.2, -0.15) is 8.42 Å². The fraction of sp³-hybridized carbons (Fsp3) is 0.500. The molecule has 0 fully saturated rings. The van der Waals surface area contributed by atoms with Gasteiger partial charge in [0.25, 0.3) is 21.9 Å². The highest BCUT2D eigenvalue weighted by Crippen LogP contribution is 2.12. The molecule has 5 N–H and O–H groups in total. The highest BCUT2D eigenvalue weighted by atomic mass is 32.2. The maximum absolute atomic E-state index is 13.1. The van der Waals surface area contributed by atoms with Crippen LogP contribution in [0.25, 0.3) is 0 Å². The lowest BCUT2D eigenvalue weighted by molar-refractivity contribution is -0.142. The molecule has 3 atom stereocenters. The summed E-state index contributed by atoms with van der Waals surface area (Å²) >= 11 is 0. The van der Waals surface area contributed by atoms with E-state index < -0.39 is 81.3 Å².